The summed E-state index contributed by atoms with van der Waals surface area (Å²) in [7, 11) is -0.794. The second kappa shape index (κ2) is 5.98. The van der Waals surface area contributed by atoms with Gasteiger partial charge in [0.15, 0.2) is 0 Å². The molecule has 0 amide bonds. The van der Waals surface area contributed by atoms with Crippen LogP contribution in [0.1, 0.15) is 26.2 Å². The molecular weight excluding hydrogens is 226 g/mol. The highest BCUT2D eigenvalue weighted by Gasteiger charge is 2.27. The molecule has 0 bridgehead atoms. The fourth-order valence-corrected chi connectivity index (χ4v) is 2.94. The Morgan fingerprint density at radius 2 is 2.00 bits per heavy atom. The Morgan fingerprint density at radius 1 is 1.38 bits per heavy atom. The van der Waals surface area contributed by atoms with Crippen molar-refractivity contribution in [3.8, 4) is 0 Å². The molecule has 0 aliphatic heterocycles. The van der Waals surface area contributed by atoms with Gasteiger partial charge in [-0.1, -0.05) is 6.92 Å². The van der Waals surface area contributed by atoms with Gasteiger partial charge in [0.05, 0.1) is 11.9 Å². The van der Waals surface area contributed by atoms with Gasteiger partial charge < -0.3 is 10.0 Å². The maximum absolute atomic E-state index is 11.3. The van der Waals surface area contributed by atoms with Crippen LogP contribution in [0.25, 0.3) is 0 Å². The highest BCUT2D eigenvalue weighted by molar-refractivity contribution is 7.91. The third kappa shape index (κ3) is 4.80. The molecule has 0 heterocycles. The Balaban J connectivity index is 2.09. The van der Waals surface area contributed by atoms with Crippen LogP contribution in [-0.2, 0) is 9.84 Å². The van der Waals surface area contributed by atoms with Crippen LogP contribution in [0, 0.1) is 5.92 Å². The molecule has 1 fully saturated rings. The number of nitrogens with zero attached hydrogens (tertiary/aromatic N) is 1. The van der Waals surface area contributed by atoms with Gasteiger partial charge in [0.25, 0.3) is 0 Å². The van der Waals surface area contributed by atoms with Gasteiger partial charge in [-0.15, -0.1) is 0 Å². The number of sulfone groups is 1. The molecule has 1 aliphatic rings. The quantitative estimate of drug-likeness (QED) is 0.714. The van der Waals surface area contributed by atoms with Crippen molar-refractivity contribution >= 4 is 9.84 Å². The maximum atomic E-state index is 11.3. The molecule has 1 saturated carbocycles. The van der Waals surface area contributed by atoms with E-state index in [4.69, 9.17) is 5.11 Å². The molecule has 5 heteroatoms. The van der Waals surface area contributed by atoms with Crippen molar-refractivity contribution < 1.29 is 13.5 Å². The van der Waals surface area contributed by atoms with Crippen LogP contribution < -0.4 is 0 Å². The SMILES string of the molecule is CCS(=O)(=O)CCCN(C)CC1CC(O)C1. The van der Waals surface area contributed by atoms with Crippen molar-refractivity contribution in [1.82, 2.24) is 4.90 Å². The molecule has 0 atom stereocenters. The van der Waals surface area contributed by atoms with E-state index in [9.17, 15) is 8.42 Å². The van der Waals surface area contributed by atoms with Gasteiger partial charge >= 0.3 is 0 Å². The van der Waals surface area contributed by atoms with Gasteiger partial charge in [0, 0.05) is 12.3 Å². The molecule has 1 N–H and O–H groups in total. The summed E-state index contributed by atoms with van der Waals surface area (Å²) in [6.45, 7) is 3.49. The average Bonchev–Trinajstić information content (AvgIpc) is 2.15. The lowest BCUT2D eigenvalue weighted by Crippen LogP contribution is -2.37. The number of rotatable bonds is 7. The van der Waals surface area contributed by atoms with Crippen molar-refractivity contribution in [3.63, 3.8) is 0 Å². The minimum atomic E-state index is -2.81. The molecule has 0 aromatic heterocycles. The standard InChI is InChI=1S/C11H23NO3S/c1-3-16(14,15)6-4-5-12(2)9-10-7-11(13)8-10/h10-11,13H,3-9H2,1-2H3. The summed E-state index contributed by atoms with van der Waals surface area (Å²) in [6.07, 6.45) is 2.41. The molecule has 0 aromatic rings. The smallest absolute Gasteiger partial charge is 0.150 e. The summed E-state index contributed by atoms with van der Waals surface area (Å²) in [4.78, 5) is 2.17. The third-order valence-corrected chi connectivity index (χ3v) is 5.01. The molecule has 0 unspecified atom stereocenters. The van der Waals surface area contributed by atoms with E-state index >= 15 is 0 Å². The summed E-state index contributed by atoms with van der Waals surface area (Å²) in [5, 5.41) is 9.15. The molecule has 96 valence electrons. The number of aliphatic hydroxyl groups is 1. The van der Waals surface area contributed by atoms with Crippen LogP contribution >= 0.6 is 0 Å². The zero-order chi connectivity index (χ0) is 12.2. The van der Waals surface area contributed by atoms with E-state index in [2.05, 4.69) is 4.90 Å². The molecule has 4 nitrogen and oxygen atoms in total. The van der Waals surface area contributed by atoms with E-state index in [0.717, 1.165) is 25.9 Å². The molecule has 0 saturated heterocycles. The monoisotopic (exact) mass is 249 g/mol. The van der Waals surface area contributed by atoms with Crippen LogP contribution in [0.3, 0.4) is 0 Å². The zero-order valence-corrected chi connectivity index (χ0v) is 11.0. The van der Waals surface area contributed by atoms with Crippen LogP contribution in [0.5, 0.6) is 0 Å². The zero-order valence-electron chi connectivity index (χ0n) is 10.2. The number of aliphatic hydroxyl groups excluding tert-OH is 1. The molecular formula is C11H23NO3S. The highest BCUT2D eigenvalue weighted by atomic mass is 32.2. The fraction of sp³-hybridized carbons (Fsp3) is 1.00. The Labute approximate surface area is 98.6 Å². The lowest BCUT2D eigenvalue weighted by molar-refractivity contribution is 0.0284. The van der Waals surface area contributed by atoms with Crippen molar-refractivity contribution in [2.45, 2.75) is 32.3 Å². The minimum Gasteiger partial charge on any atom is -0.393 e. The summed E-state index contributed by atoms with van der Waals surface area (Å²) in [5.41, 5.74) is 0. The summed E-state index contributed by atoms with van der Waals surface area (Å²) < 4.78 is 22.5. The van der Waals surface area contributed by atoms with Crippen molar-refractivity contribution in [2.24, 2.45) is 5.92 Å². The van der Waals surface area contributed by atoms with E-state index in [1.165, 1.54) is 0 Å². The van der Waals surface area contributed by atoms with E-state index in [-0.39, 0.29) is 11.9 Å². The van der Waals surface area contributed by atoms with E-state index in [0.29, 0.717) is 18.1 Å². The Hall–Kier alpha value is -0.130. The average molecular weight is 249 g/mol. The normalized spacial score (nSPS) is 25.8. The van der Waals surface area contributed by atoms with Gasteiger partial charge in [-0.3, -0.25) is 0 Å². The Morgan fingerprint density at radius 3 is 2.50 bits per heavy atom. The maximum Gasteiger partial charge on any atom is 0.150 e. The molecule has 1 aliphatic carbocycles. The highest BCUT2D eigenvalue weighted by Crippen LogP contribution is 2.27. The molecule has 16 heavy (non-hydrogen) atoms. The van der Waals surface area contributed by atoms with Crippen LogP contribution in [0.4, 0.5) is 0 Å². The largest absolute Gasteiger partial charge is 0.393 e. The van der Waals surface area contributed by atoms with Crippen molar-refractivity contribution in [2.75, 3.05) is 31.6 Å². The van der Waals surface area contributed by atoms with E-state index in [1.807, 2.05) is 7.05 Å². The van der Waals surface area contributed by atoms with Gasteiger partial charge in [-0.2, -0.15) is 0 Å². The van der Waals surface area contributed by atoms with E-state index < -0.39 is 9.84 Å². The number of hydrogen-bond donors (Lipinski definition) is 1. The first-order chi connectivity index (χ1) is 7.43. The Bertz CT molecular complexity index is 296. The summed E-state index contributed by atoms with van der Waals surface area (Å²) >= 11 is 0. The second-order valence-corrected chi connectivity index (χ2v) is 7.32. The minimum absolute atomic E-state index is 0.0983. The fourth-order valence-electron chi connectivity index (χ4n) is 2.08. The van der Waals surface area contributed by atoms with Gasteiger partial charge in [-0.25, -0.2) is 8.42 Å². The Kier molecular flexibility index (Phi) is 5.21. The third-order valence-electron chi connectivity index (χ3n) is 3.22. The van der Waals surface area contributed by atoms with Crippen molar-refractivity contribution in [1.29, 1.82) is 0 Å². The molecule has 0 radical (unpaired) electrons. The van der Waals surface area contributed by atoms with Gasteiger partial charge in [0.2, 0.25) is 0 Å². The summed E-state index contributed by atoms with van der Waals surface area (Å²) in [5.74, 6) is 1.13. The van der Waals surface area contributed by atoms with Crippen LogP contribution in [0.2, 0.25) is 0 Å². The second-order valence-electron chi connectivity index (χ2n) is 4.84. The first kappa shape index (κ1) is 13.9. The van der Waals surface area contributed by atoms with E-state index in [1.54, 1.807) is 6.92 Å². The molecule has 0 aromatic carbocycles. The lowest BCUT2D eigenvalue weighted by atomic mass is 9.82. The molecule has 1 rings (SSSR count). The van der Waals surface area contributed by atoms with Gasteiger partial charge in [0.1, 0.15) is 9.84 Å². The number of hydrogen-bond acceptors (Lipinski definition) is 4. The first-order valence-electron chi connectivity index (χ1n) is 6.00. The lowest BCUT2D eigenvalue weighted by Gasteiger charge is -2.34. The first-order valence-corrected chi connectivity index (χ1v) is 7.82. The molecule has 0 spiro atoms. The van der Waals surface area contributed by atoms with Crippen LogP contribution in [-0.4, -0.2) is 56.2 Å². The van der Waals surface area contributed by atoms with Crippen molar-refractivity contribution in [3.05, 3.63) is 0 Å². The van der Waals surface area contributed by atoms with Crippen LogP contribution in [0.15, 0.2) is 0 Å². The summed E-state index contributed by atoms with van der Waals surface area (Å²) in [6, 6.07) is 0. The topological polar surface area (TPSA) is 57.6 Å². The van der Waals surface area contributed by atoms with Gasteiger partial charge in [-0.05, 0) is 38.8 Å². The predicted molar refractivity (Wildman–Crippen MR) is 65.2 cm³/mol. The predicted octanol–water partition coefficient (Wildman–Crippen LogP) is 0.514.